The molecule has 2 atom stereocenters. The molecular formula is C81H157NO5. The third-order valence-corrected chi connectivity index (χ3v) is 19.0. The first-order valence-electron chi connectivity index (χ1n) is 40.1. The van der Waals surface area contributed by atoms with Gasteiger partial charge in [0.1, 0.15) is 0 Å². The highest BCUT2D eigenvalue weighted by molar-refractivity contribution is 5.76. The van der Waals surface area contributed by atoms with Crippen LogP contribution in [0, 0.1) is 0 Å². The second kappa shape index (κ2) is 76.8. The molecule has 6 heteroatoms. The topological polar surface area (TPSA) is 95.9 Å². The molecule has 516 valence electrons. The van der Waals surface area contributed by atoms with E-state index in [0.717, 1.165) is 38.5 Å². The van der Waals surface area contributed by atoms with Crippen molar-refractivity contribution >= 4 is 11.9 Å². The zero-order valence-corrected chi connectivity index (χ0v) is 59.3. The monoisotopic (exact) mass is 1220 g/mol. The molecule has 0 aromatic heterocycles. The number of hydrogen-bond donors (Lipinski definition) is 3. The van der Waals surface area contributed by atoms with Gasteiger partial charge >= 0.3 is 5.97 Å². The summed E-state index contributed by atoms with van der Waals surface area (Å²) in [7, 11) is 0. The number of amides is 1. The molecule has 0 radical (unpaired) electrons. The SMILES string of the molecule is CCCCCCCC/C=C\CCCCCCCCCCCC(=O)OCCCCCCCCCCCCCC/C=C\CCCCCCCCCCCCCCCCC(=O)NC(CO)C(O)CCCCCCCCCCCCCCCCCCCCCCC. The maximum absolute atomic E-state index is 12.6. The van der Waals surface area contributed by atoms with E-state index in [1.807, 2.05) is 0 Å². The first-order chi connectivity index (χ1) is 43.0. The Bertz CT molecular complexity index is 1360. The highest BCUT2D eigenvalue weighted by Crippen LogP contribution is 2.20. The van der Waals surface area contributed by atoms with Gasteiger partial charge in [-0.3, -0.25) is 9.59 Å². The fourth-order valence-electron chi connectivity index (χ4n) is 12.9. The van der Waals surface area contributed by atoms with Gasteiger partial charge in [-0.1, -0.05) is 391 Å². The van der Waals surface area contributed by atoms with Gasteiger partial charge in [-0.15, -0.1) is 0 Å². The van der Waals surface area contributed by atoms with E-state index in [1.165, 1.54) is 385 Å². The van der Waals surface area contributed by atoms with Crippen molar-refractivity contribution in [3.05, 3.63) is 24.3 Å². The van der Waals surface area contributed by atoms with Crippen LogP contribution in [0.2, 0.25) is 0 Å². The summed E-state index contributed by atoms with van der Waals surface area (Å²) < 4.78 is 5.52. The summed E-state index contributed by atoms with van der Waals surface area (Å²) in [6.07, 6.45) is 98.4. The predicted octanol–water partition coefficient (Wildman–Crippen LogP) is 26.4. The number of rotatable bonds is 76. The van der Waals surface area contributed by atoms with Crippen molar-refractivity contribution in [1.29, 1.82) is 0 Å². The first kappa shape index (κ1) is 85.3. The highest BCUT2D eigenvalue weighted by atomic mass is 16.5. The van der Waals surface area contributed by atoms with Crippen LogP contribution in [0.25, 0.3) is 0 Å². The van der Waals surface area contributed by atoms with E-state index < -0.39 is 12.1 Å². The van der Waals surface area contributed by atoms with E-state index in [9.17, 15) is 19.8 Å². The molecule has 0 rings (SSSR count). The maximum atomic E-state index is 12.6. The van der Waals surface area contributed by atoms with Crippen LogP contribution in [0.1, 0.15) is 457 Å². The fourth-order valence-corrected chi connectivity index (χ4v) is 12.9. The molecule has 0 aromatic carbocycles. The second-order valence-corrected chi connectivity index (χ2v) is 27.7. The summed E-state index contributed by atoms with van der Waals surface area (Å²) in [5.41, 5.74) is 0. The molecular weight excluding hydrogens is 1070 g/mol. The molecule has 3 N–H and O–H groups in total. The molecule has 0 heterocycles. The molecule has 0 spiro atoms. The van der Waals surface area contributed by atoms with Crippen LogP contribution in [0.4, 0.5) is 0 Å². The van der Waals surface area contributed by atoms with E-state index in [4.69, 9.17) is 4.74 Å². The Balaban J connectivity index is 3.35. The van der Waals surface area contributed by atoms with Crippen LogP contribution in [-0.2, 0) is 14.3 Å². The molecule has 0 bridgehead atoms. The van der Waals surface area contributed by atoms with Crippen LogP contribution in [0.15, 0.2) is 24.3 Å². The fraction of sp³-hybridized carbons (Fsp3) is 0.926. The number of carbonyl (C=O) groups is 2. The minimum Gasteiger partial charge on any atom is -0.466 e. The lowest BCUT2D eigenvalue weighted by Gasteiger charge is -2.22. The Morgan fingerprint density at radius 1 is 0.310 bits per heavy atom. The molecule has 0 fully saturated rings. The Morgan fingerprint density at radius 2 is 0.540 bits per heavy atom. The number of esters is 1. The lowest BCUT2D eigenvalue weighted by Crippen LogP contribution is -2.45. The maximum Gasteiger partial charge on any atom is 0.305 e. The highest BCUT2D eigenvalue weighted by Gasteiger charge is 2.20. The van der Waals surface area contributed by atoms with Crippen LogP contribution >= 0.6 is 0 Å². The van der Waals surface area contributed by atoms with Crippen molar-refractivity contribution in [2.75, 3.05) is 13.2 Å². The zero-order valence-electron chi connectivity index (χ0n) is 59.3. The average molecular weight is 1230 g/mol. The van der Waals surface area contributed by atoms with Crippen molar-refractivity contribution in [2.45, 2.75) is 469 Å². The number of nitrogens with one attached hydrogen (secondary N) is 1. The minimum atomic E-state index is -0.664. The molecule has 2 unspecified atom stereocenters. The van der Waals surface area contributed by atoms with Crippen molar-refractivity contribution in [3.8, 4) is 0 Å². The second-order valence-electron chi connectivity index (χ2n) is 27.7. The van der Waals surface area contributed by atoms with Crippen LogP contribution in [-0.4, -0.2) is 47.4 Å². The molecule has 87 heavy (non-hydrogen) atoms. The Kier molecular flexibility index (Phi) is 75.3. The molecule has 1 amide bonds. The molecule has 0 aliphatic rings. The number of aliphatic hydroxyl groups excluding tert-OH is 2. The summed E-state index contributed by atoms with van der Waals surface area (Å²) in [5.74, 6) is -0.0103. The summed E-state index contributed by atoms with van der Waals surface area (Å²) in [5, 5.41) is 23.5. The van der Waals surface area contributed by atoms with Crippen LogP contribution in [0.5, 0.6) is 0 Å². The van der Waals surface area contributed by atoms with E-state index >= 15 is 0 Å². The van der Waals surface area contributed by atoms with Crippen LogP contribution < -0.4 is 5.32 Å². The van der Waals surface area contributed by atoms with E-state index in [1.54, 1.807) is 0 Å². The number of hydrogen-bond acceptors (Lipinski definition) is 5. The van der Waals surface area contributed by atoms with Crippen molar-refractivity contribution < 1.29 is 24.5 Å². The first-order valence-corrected chi connectivity index (χ1v) is 40.1. The van der Waals surface area contributed by atoms with Crippen LogP contribution in [0.3, 0.4) is 0 Å². The van der Waals surface area contributed by atoms with E-state index in [-0.39, 0.29) is 18.5 Å². The Labute approximate surface area is 545 Å². The van der Waals surface area contributed by atoms with Gasteiger partial charge in [0.2, 0.25) is 5.91 Å². The van der Waals surface area contributed by atoms with Gasteiger partial charge in [0.25, 0.3) is 0 Å². The normalized spacial score (nSPS) is 12.6. The lowest BCUT2D eigenvalue weighted by molar-refractivity contribution is -0.143. The lowest BCUT2D eigenvalue weighted by atomic mass is 10.0. The van der Waals surface area contributed by atoms with E-state index in [0.29, 0.717) is 25.9 Å². The van der Waals surface area contributed by atoms with Gasteiger partial charge in [-0.2, -0.15) is 0 Å². The minimum absolute atomic E-state index is 0.0179. The molecule has 0 saturated heterocycles. The standard InChI is InChI=1S/C81H157NO5/c1-3-5-7-9-11-13-15-17-19-21-23-34-38-41-45-49-53-57-61-65-69-73-79(84)78(77-83)82-80(85)74-70-66-62-58-54-50-46-42-39-35-32-30-28-26-24-25-27-29-31-33-36-40-44-48-52-56-60-64-68-72-76-87-81(86)75-71-67-63-59-55-51-47-43-37-22-20-18-16-14-12-10-8-6-4-2/h18,20,25,27,78-79,83-84H,3-17,19,21-24,26,28-77H2,1-2H3,(H,82,85)/b20-18-,27-25-. The summed E-state index contributed by atoms with van der Waals surface area (Å²) >= 11 is 0. The largest absolute Gasteiger partial charge is 0.466 e. The molecule has 6 nitrogen and oxygen atoms in total. The number of allylic oxidation sites excluding steroid dienone is 4. The molecule has 0 aromatic rings. The summed E-state index contributed by atoms with van der Waals surface area (Å²) in [6, 6.07) is -0.541. The Morgan fingerprint density at radius 3 is 0.816 bits per heavy atom. The van der Waals surface area contributed by atoms with Gasteiger partial charge in [0.05, 0.1) is 25.4 Å². The van der Waals surface area contributed by atoms with Gasteiger partial charge in [-0.05, 0) is 77.0 Å². The molecule has 0 aliphatic heterocycles. The van der Waals surface area contributed by atoms with Gasteiger partial charge in [0, 0.05) is 12.8 Å². The summed E-state index contributed by atoms with van der Waals surface area (Å²) in [6.45, 7) is 5.00. The number of unbranched alkanes of at least 4 members (excludes halogenated alkanes) is 61. The number of carbonyl (C=O) groups excluding carboxylic acids is 2. The quantitative estimate of drug-likeness (QED) is 0.0320. The Hall–Kier alpha value is -1.66. The third-order valence-electron chi connectivity index (χ3n) is 19.0. The average Bonchev–Trinajstić information content (AvgIpc) is 3.53. The van der Waals surface area contributed by atoms with Gasteiger partial charge < -0.3 is 20.3 Å². The van der Waals surface area contributed by atoms with Gasteiger partial charge in [-0.25, -0.2) is 0 Å². The number of ether oxygens (including phenoxy) is 1. The van der Waals surface area contributed by atoms with Crippen molar-refractivity contribution in [1.82, 2.24) is 5.32 Å². The molecule has 0 saturated carbocycles. The predicted molar refractivity (Wildman–Crippen MR) is 384 cm³/mol. The van der Waals surface area contributed by atoms with Gasteiger partial charge in [0.15, 0.2) is 0 Å². The zero-order chi connectivity index (χ0) is 62.8. The van der Waals surface area contributed by atoms with Crippen molar-refractivity contribution in [3.63, 3.8) is 0 Å². The smallest absolute Gasteiger partial charge is 0.305 e. The van der Waals surface area contributed by atoms with Crippen molar-refractivity contribution in [2.24, 2.45) is 0 Å². The summed E-state index contributed by atoms with van der Waals surface area (Å²) in [4.78, 5) is 24.7. The molecule has 0 aliphatic carbocycles. The third kappa shape index (κ3) is 73.3. The number of aliphatic hydroxyl groups is 2. The van der Waals surface area contributed by atoms with E-state index in [2.05, 4.69) is 43.5 Å².